The Hall–Kier alpha value is -1.92. The van der Waals surface area contributed by atoms with Crippen molar-refractivity contribution < 1.29 is 14.3 Å². The third-order valence-electron chi connectivity index (χ3n) is 6.07. The zero-order valence-corrected chi connectivity index (χ0v) is 17.0. The van der Waals surface area contributed by atoms with E-state index >= 15 is 0 Å². The molecule has 3 rings (SSSR count). The summed E-state index contributed by atoms with van der Waals surface area (Å²) in [6.07, 6.45) is 6.97. The SMILES string of the molecule is Cc1ccccc1NC(=O)CC(=O)NCC1(N2CCOCC2)CCCCCC1. The fourth-order valence-corrected chi connectivity index (χ4v) is 4.41. The molecule has 0 spiro atoms. The molecule has 6 nitrogen and oxygen atoms in total. The third-order valence-corrected chi connectivity index (χ3v) is 6.07. The van der Waals surface area contributed by atoms with E-state index in [0.717, 1.165) is 50.4 Å². The zero-order chi connectivity index (χ0) is 19.8. The van der Waals surface area contributed by atoms with Crippen LogP contribution in [-0.2, 0) is 14.3 Å². The predicted molar refractivity (Wildman–Crippen MR) is 110 cm³/mol. The number of carbonyl (C=O) groups excluding carboxylic acids is 2. The van der Waals surface area contributed by atoms with E-state index in [1.807, 2.05) is 31.2 Å². The molecule has 0 radical (unpaired) electrons. The van der Waals surface area contributed by atoms with E-state index in [-0.39, 0.29) is 23.8 Å². The molecule has 28 heavy (non-hydrogen) atoms. The van der Waals surface area contributed by atoms with Gasteiger partial charge in [-0.1, -0.05) is 43.9 Å². The highest BCUT2D eigenvalue weighted by molar-refractivity contribution is 6.03. The number of ether oxygens (including phenoxy) is 1. The van der Waals surface area contributed by atoms with Gasteiger partial charge in [0.15, 0.2) is 0 Å². The number of anilines is 1. The number of hydrogen-bond acceptors (Lipinski definition) is 4. The van der Waals surface area contributed by atoms with E-state index in [1.165, 1.54) is 25.7 Å². The Kier molecular flexibility index (Phi) is 7.45. The molecule has 2 fully saturated rings. The van der Waals surface area contributed by atoms with Crippen LogP contribution in [-0.4, -0.2) is 55.1 Å². The van der Waals surface area contributed by atoms with Gasteiger partial charge >= 0.3 is 0 Å². The monoisotopic (exact) mass is 387 g/mol. The van der Waals surface area contributed by atoms with Crippen molar-refractivity contribution in [2.75, 3.05) is 38.2 Å². The molecule has 0 unspecified atom stereocenters. The molecule has 1 saturated heterocycles. The molecule has 0 aromatic heterocycles. The van der Waals surface area contributed by atoms with Crippen LogP contribution in [0, 0.1) is 6.92 Å². The average Bonchev–Trinajstić information content (AvgIpc) is 2.95. The summed E-state index contributed by atoms with van der Waals surface area (Å²) >= 11 is 0. The number of morpholine rings is 1. The Labute approximate surface area is 168 Å². The van der Waals surface area contributed by atoms with Gasteiger partial charge in [-0.05, 0) is 31.4 Å². The molecule has 0 atom stereocenters. The molecule has 2 amide bonds. The van der Waals surface area contributed by atoms with Crippen LogP contribution in [0.2, 0.25) is 0 Å². The number of para-hydroxylation sites is 1. The molecule has 1 saturated carbocycles. The summed E-state index contributed by atoms with van der Waals surface area (Å²) in [4.78, 5) is 27.2. The van der Waals surface area contributed by atoms with E-state index in [0.29, 0.717) is 6.54 Å². The first-order chi connectivity index (χ1) is 13.6. The highest BCUT2D eigenvalue weighted by Crippen LogP contribution is 2.32. The molecular weight excluding hydrogens is 354 g/mol. The largest absolute Gasteiger partial charge is 0.379 e. The lowest BCUT2D eigenvalue weighted by Crippen LogP contribution is -2.58. The summed E-state index contributed by atoms with van der Waals surface area (Å²) in [6, 6.07) is 7.59. The van der Waals surface area contributed by atoms with Crippen LogP contribution in [0.15, 0.2) is 24.3 Å². The van der Waals surface area contributed by atoms with Crippen molar-refractivity contribution in [2.45, 2.75) is 57.4 Å². The van der Waals surface area contributed by atoms with Gasteiger partial charge in [-0.15, -0.1) is 0 Å². The highest BCUT2D eigenvalue weighted by atomic mass is 16.5. The second-order valence-corrected chi connectivity index (χ2v) is 8.05. The summed E-state index contributed by atoms with van der Waals surface area (Å²) in [7, 11) is 0. The minimum absolute atomic E-state index is 0.00242. The second kappa shape index (κ2) is 10.0. The first-order valence-corrected chi connectivity index (χ1v) is 10.5. The minimum atomic E-state index is -0.270. The number of nitrogens with zero attached hydrogens (tertiary/aromatic N) is 1. The van der Waals surface area contributed by atoms with Crippen molar-refractivity contribution in [1.29, 1.82) is 0 Å². The normalized spacial score (nSPS) is 20.2. The van der Waals surface area contributed by atoms with Gasteiger partial charge in [0, 0.05) is 30.9 Å². The number of aryl methyl sites for hydroxylation is 1. The van der Waals surface area contributed by atoms with E-state index in [1.54, 1.807) is 0 Å². The van der Waals surface area contributed by atoms with Crippen molar-refractivity contribution in [3.8, 4) is 0 Å². The van der Waals surface area contributed by atoms with Gasteiger partial charge in [0.05, 0.1) is 13.2 Å². The molecule has 1 aromatic carbocycles. The van der Waals surface area contributed by atoms with Crippen LogP contribution in [0.5, 0.6) is 0 Å². The Bertz CT molecular complexity index is 663. The lowest BCUT2D eigenvalue weighted by atomic mass is 9.87. The summed E-state index contributed by atoms with van der Waals surface area (Å²) in [6.45, 7) is 5.91. The number of rotatable bonds is 6. The van der Waals surface area contributed by atoms with Gasteiger partial charge < -0.3 is 15.4 Å². The first-order valence-electron chi connectivity index (χ1n) is 10.5. The molecular formula is C22H33N3O3. The van der Waals surface area contributed by atoms with Crippen LogP contribution in [0.4, 0.5) is 5.69 Å². The fraction of sp³-hybridized carbons (Fsp3) is 0.636. The van der Waals surface area contributed by atoms with Crippen molar-refractivity contribution in [1.82, 2.24) is 10.2 Å². The maximum absolute atomic E-state index is 12.5. The van der Waals surface area contributed by atoms with Crippen LogP contribution in [0.3, 0.4) is 0 Å². The van der Waals surface area contributed by atoms with E-state index in [9.17, 15) is 9.59 Å². The van der Waals surface area contributed by atoms with Gasteiger partial charge in [0.2, 0.25) is 11.8 Å². The fourth-order valence-electron chi connectivity index (χ4n) is 4.41. The Morgan fingerprint density at radius 2 is 1.71 bits per heavy atom. The van der Waals surface area contributed by atoms with Crippen molar-refractivity contribution in [3.05, 3.63) is 29.8 Å². The number of hydrogen-bond donors (Lipinski definition) is 2. The summed E-state index contributed by atoms with van der Waals surface area (Å²) < 4.78 is 5.53. The van der Waals surface area contributed by atoms with Crippen LogP contribution in [0.25, 0.3) is 0 Å². The second-order valence-electron chi connectivity index (χ2n) is 8.05. The standard InChI is InChI=1S/C22H33N3O3/c1-18-8-4-5-9-19(18)24-21(27)16-20(26)23-17-22(10-6-2-3-7-11-22)25-12-14-28-15-13-25/h4-5,8-9H,2-3,6-7,10-17H2,1H3,(H,23,26)(H,24,27). The van der Waals surface area contributed by atoms with E-state index in [2.05, 4.69) is 15.5 Å². The number of benzene rings is 1. The lowest BCUT2D eigenvalue weighted by Gasteiger charge is -2.45. The van der Waals surface area contributed by atoms with Crippen LogP contribution in [0.1, 0.15) is 50.5 Å². The molecule has 1 aromatic rings. The van der Waals surface area contributed by atoms with Crippen LogP contribution < -0.4 is 10.6 Å². The zero-order valence-electron chi connectivity index (χ0n) is 17.0. The summed E-state index contributed by atoms with van der Waals surface area (Å²) in [5.74, 6) is -0.476. The molecule has 1 heterocycles. The maximum Gasteiger partial charge on any atom is 0.233 e. The highest BCUT2D eigenvalue weighted by Gasteiger charge is 2.38. The van der Waals surface area contributed by atoms with Gasteiger partial charge in [0.25, 0.3) is 0 Å². The van der Waals surface area contributed by atoms with Gasteiger partial charge in [0.1, 0.15) is 6.42 Å². The topological polar surface area (TPSA) is 70.7 Å². The van der Waals surface area contributed by atoms with E-state index in [4.69, 9.17) is 4.74 Å². The number of nitrogens with one attached hydrogen (secondary N) is 2. The molecule has 0 bridgehead atoms. The van der Waals surface area contributed by atoms with E-state index < -0.39 is 0 Å². The molecule has 6 heteroatoms. The average molecular weight is 388 g/mol. The molecule has 2 aliphatic rings. The molecule has 154 valence electrons. The third kappa shape index (κ3) is 5.55. The number of carbonyl (C=O) groups is 2. The van der Waals surface area contributed by atoms with Gasteiger partial charge in [-0.25, -0.2) is 0 Å². The Balaban J connectivity index is 1.55. The number of amides is 2. The summed E-state index contributed by atoms with van der Waals surface area (Å²) in [5.41, 5.74) is 1.75. The molecule has 1 aliphatic carbocycles. The van der Waals surface area contributed by atoms with Crippen molar-refractivity contribution in [3.63, 3.8) is 0 Å². The predicted octanol–water partition coefficient (Wildman–Crippen LogP) is 2.87. The maximum atomic E-state index is 12.5. The van der Waals surface area contributed by atoms with Crippen LogP contribution >= 0.6 is 0 Å². The van der Waals surface area contributed by atoms with Gasteiger partial charge in [-0.3, -0.25) is 14.5 Å². The van der Waals surface area contributed by atoms with Crippen molar-refractivity contribution in [2.24, 2.45) is 0 Å². The van der Waals surface area contributed by atoms with Gasteiger partial charge in [-0.2, -0.15) is 0 Å². The first kappa shape index (κ1) is 20.8. The Morgan fingerprint density at radius 3 is 2.39 bits per heavy atom. The molecule has 2 N–H and O–H groups in total. The minimum Gasteiger partial charge on any atom is -0.379 e. The Morgan fingerprint density at radius 1 is 1.04 bits per heavy atom. The van der Waals surface area contributed by atoms with Crippen molar-refractivity contribution >= 4 is 17.5 Å². The molecule has 1 aliphatic heterocycles. The summed E-state index contributed by atoms with van der Waals surface area (Å²) in [5, 5.41) is 5.90. The lowest BCUT2D eigenvalue weighted by molar-refractivity contribution is -0.127. The smallest absolute Gasteiger partial charge is 0.233 e. The quantitative estimate of drug-likeness (QED) is 0.582.